The molecule has 0 aliphatic heterocycles. The summed E-state index contributed by atoms with van der Waals surface area (Å²) in [6.45, 7) is 0. The summed E-state index contributed by atoms with van der Waals surface area (Å²) < 4.78 is 0. The van der Waals surface area contributed by atoms with E-state index < -0.39 is 5.41 Å². The molecule has 13 aromatic rings. The minimum atomic E-state index is -0.437. The van der Waals surface area contributed by atoms with E-state index in [9.17, 15) is 0 Å². The standard InChI is InChI=1S/C75H50N2/c1-5-21-52(22-6-1)73-65-32-13-14-33-66(65)74(53-23-7-2-8-24-53)68-49-54(39-47-67(68)73)51-37-40-57(41-38-51)76(55-25-9-3-10-26-55)58-42-44-59(45-43-58)77(56-27-11-4-12-28-56)60-46-48-64-63-31-17-20-36-71(63)75(72(64)50-60)69-34-18-15-29-61(69)62-30-16-19-35-70(62)75/h1-50H. The van der Waals surface area contributed by atoms with Crippen LogP contribution in [-0.4, -0.2) is 0 Å². The molecule has 2 heteroatoms. The highest BCUT2D eigenvalue weighted by atomic mass is 15.2. The first-order valence-corrected chi connectivity index (χ1v) is 26.7. The van der Waals surface area contributed by atoms with Gasteiger partial charge in [-0.2, -0.15) is 0 Å². The third-order valence-electron chi connectivity index (χ3n) is 16.2. The molecule has 0 amide bonds. The average Bonchev–Trinajstić information content (AvgIpc) is 4.11. The molecule has 0 N–H and O–H groups in total. The number of hydrogen-bond acceptors (Lipinski definition) is 2. The fraction of sp³-hybridized carbons (Fsp3) is 0.0133. The van der Waals surface area contributed by atoms with Gasteiger partial charge in [0.2, 0.25) is 0 Å². The lowest BCUT2D eigenvalue weighted by molar-refractivity contribution is 0.793. The quantitative estimate of drug-likeness (QED) is 0.133. The van der Waals surface area contributed by atoms with Crippen LogP contribution in [0.25, 0.3) is 77.2 Å². The molecule has 0 radical (unpaired) electrons. The zero-order valence-corrected chi connectivity index (χ0v) is 42.3. The Balaban J connectivity index is 0.826. The minimum Gasteiger partial charge on any atom is -0.311 e. The largest absolute Gasteiger partial charge is 0.311 e. The second-order valence-corrected chi connectivity index (χ2v) is 20.3. The predicted octanol–water partition coefficient (Wildman–Crippen LogP) is 20.3. The van der Waals surface area contributed by atoms with Gasteiger partial charge in [0.15, 0.2) is 0 Å². The zero-order chi connectivity index (χ0) is 50.9. The monoisotopic (exact) mass is 978 g/mol. The van der Waals surface area contributed by atoms with Gasteiger partial charge in [-0.1, -0.05) is 224 Å². The molecule has 2 nitrogen and oxygen atoms in total. The van der Waals surface area contributed by atoms with Crippen molar-refractivity contribution in [2.45, 2.75) is 5.41 Å². The van der Waals surface area contributed by atoms with Gasteiger partial charge >= 0.3 is 0 Å². The van der Waals surface area contributed by atoms with Crippen LogP contribution in [0.15, 0.2) is 303 Å². The molecule has 0 heterocycles. The first kappa shape index (κ1) is 44.5. The summed E-state index contributed by atoms with van der Waals surface area (Å²) in [5, 5.41) is 5.00. The fourth-order valence-electron chi connectivity index (χ4n) is 13.0. The summed E-state index contributed by atoms with van der Waals surface area (Å²) >= 11 is 0. The number of para-hydroxylation sites is 2. The summed E-state index contributed by atoms with van der Waals surface area (Å²) in [7, 11) is 0. The smallest absolute Gasteiger partial charge is 0.0726 e. The average molecular weight is 979 g/mol. The summed E-state index contributed by atoms with van der Waals surface area (Å²) in [4.78, 5) is 4.77. The lowest BCUT2D eigenvalue weighted by atomic mass is 9.70. The Bertz CT molecular complexity index is 4290. The van der Waals surface area contributed by atoms with E-state index in [-0.39, 0.29) is 0 Å². The Morgan fingerprint density at radius 3 is 1.03 bits per heavy atom. The molecule has 13 aromatic carbocycles. The second kappa shape index (κ2) is 18.1. The summed E-state index contributed by atoms with van der Waals surface area (Å²) in [5.74, 6) is 0. The summed E-state index contributed by atoms with van der Waals surface area (Å²) in [6, 6.07) is 112. The molecule has 0 saturated heterocycles. The molecule has 2 aliphatic rings. The van der Waals surface area contributed by atoms with Crippen LogP contribution in [0.2, 0.25) is 0 Å². The summed E-state index contributed by atoms with van der Waals surface area (Å²) in [6.07, 6.45) is 0. The normalized spacial score (nSPS) is 12.5. The molecule has 15 rings (SSSR count). The first-order valence-electron chi connectivity index (χ1n) is 26.7. The molecule has 0 aromatic heterocycles. The Morgan fingerprint density at radius 2 is 0.532 bits per heavy atom. The first-order chi connectivity index (χ1) is 38.2. The Kier molecular flexibility index (Phi) is 10.5. The molecule has 1 spiro atoms. The van der Waals surface area contributed by atoms with Gasteiger partial charge in [-0.25, -0.2) is 0 Å². The van der Waals surface area contributed by atoms with Gasteiger partial charge < -0.3 is 9.80 Å². The molecule has 0 saturated carbocycles. The molecule has 77 heavy (non-hydrogen) atoms. The zero-order valence-electron chi connectivity index (χ0n) is 42.3. The molecule has 0 fully saturated rings. The summed E-state index contributed by atoms with van der Waals surface area (Å²) in [5.41, 5.74) is 23.9. The van der Waals surface area contributed by atoms with Crippen LogP contribution in [0, 0.1) is 0 Å². The van der Waals surface area contributed by atoms with Gasteiger partial charge in [-0.3, -0.25) is 0 Å². The van der Waals surface area contributed by atoms with Gasteiger partial charge in [0.05, 0.1) is 5.41 Å². The topological polar surface area (TPSA) is 6.48 Å². The number of benzene rings is 13. The van der Waals surface area contributed by atoms with Crippen LogP contribution in [0.4, 0.5) is 34.1 Å². The van der Waals surface area contributed by atoms with Crippen LogP contribution in [0.1, 0.15) is 22.3 Å². The van der Waals surface area contributed by atoms with Crippen molar-refractivity contribution >= 4 is 55.7 Å². The number of anilines is 6. The molecule has 360 valence electrons. The lowest BCUT2D eigenvalue weighted by Crippen LogP contribution is -2.26. The van der Waals surface area contributed by atoms with Crippen molar-refractivity contribution in [2.75, 3.05) is 9.80 Å². The van der Waals surface area contributed by atoms with E-state index in [0.29, 0.717) is 0 Å². The van der Waals surface area contributed by atoms with Crippen molar-refractivity contribution in [1.29, 1.82) is 0 Å². The van der Waals surface area contributed by atoms with E-state index in [1.807, 2.05) is 0 Å². The Morgan fingerprint density at radius 1 is 0.195 bits per heavy atom. The van der Waals surface area contributed by atoms with Gasteiger partial charge in [0.25, 0.3) is 0 Å². The number of hydrogen-bond donors (Lipinski definition) is 0. The third-order valence-corrected chi connectivity index (χ3v) is 16.2. The van der Waals surface area contributed by atoms with Crippen molar-refractivity contribution in [2.24, 2.45) is 0 Å². The van der Waals surface area contributed by atoms with Gasteiger partial charge in [-0.05, 0) is 178 Å². The maximum atomic E-state index is 2.47. The predicted molar refractivity (Wildman–Crippen MR) is 323 cm³/mol. The van der Waals surface area contributed by atoms with E-state index in [4.69, 9.17) is 0 Å². The fourth-order valence-corrected chi connectivity index (χ4v) is 13.0. The minimum absolute atomic E-state index is 0.437. The maximum absolute atomic E-state index is 2.47. The van der Waals surface area contributed by atoms with Crippen LogP contribution in [0.3, 0.4) is 0 Å². The van der Waals surface area contributed by atoms with Gasteiger partial charge in [0.1, 0.15) is 0 Å². The van der Waals surface area contributed by atoms with E-state index >= 15 is 0 Å². The highest BCUT2D eigenvalue weighted by Gasteiger charge is 2.51. The molecule has 2 aliphatic carbocycles. The van der Waals surface area contributed by atoms with Crippen molar-refractivity contribution < 1.29 is 0 Å². The van der Waals surface area contributed by atoms with Crippen molar-refractivity contribution in [3.05, 3.63) is 326 Å². The van der Waals surface area contributed by atoms with E-state index in [1.165, 1.54) is 93.9 Å². The molecule has 0 unspecified atom stereocenters. The Hall–Kier alpha value is -10.0. The van der Waals surface area contributed by atoms with Crippen LogP contribution in [0.5, 0.6) is 0 Å². The van der Waals surface area contributed by atoms with Gasteiger partial charge in [0, 0.05) is 34.1 Å². The molecule has 0 atom stereocenters. The Labute approximate surface area is 449 Å². The van der Waals surface area contributed by atoms with Crippen LogP contribution >= 0.6 is 0 Å². The molecular weight excluding hydrogens is 929 g/mol. The maximum Gasteiger partial charge on any atom is 0.0726 e. The molecular formula is C75H50N2. The highest BCUT2D eigenvalue weighted by Crippen LogP contribution is 2.63. The van der Waals surface area contributed by atoms with Crippen LogP contribution < -0.4 is 9.80 Å². The van der Waals surface area contributed by atoms with E-state index in [0.717, 1.165) is 39.7 Å². The number of nitrogens with zero attached hydrogens (tertiary/aromatic N) is 2. The third kappa shape index (κ3) is 7.03. The van der Waals surface area contributed by atoms with Crippen molar-refractivity contribution in [3.63, 3.8) is 0 Å². The van der Waals surface area contributed by atoms with Crippen molar-refractivity contribution in [3.8, 4) is 55.6 Å². The number of rotatable bonds is 9. The van der Waals surface area contributed by atoms with E-state index in [1.54, 1.807) is 0 Å². The molecule has 0 bridgehead atoms. The van der Waals surface area contributed by atoms with Crippen LogP contribution in [-0.2, 0) is 5.41 Å². The lowest BCUT2D eigenvalue weighted by Gasteiger charge is -2.32. The van der Waals surface area contributed by atoms with E-state index in [2.05, 4.69) is 313 Å². The van der Waals surface area contributed by atoms with Gasteiger partial charge in [-0.15, -0.1) is 0 Å². The second-order valence-electron chi connectivity index (χ2n) is 20.3. The van der Waals surface area contributed by atoms with Crippen molar-refractivity contribution in [1.82, 2.24) is 0 Å². The number of fused-ring (bicyclic) bond motifs is 12. The SMILES string of the molecule is c1ccc(-c2c3ccccc3c(-c3ccccc3)c3cc(-c4ccc(N(c5ccccc5)c5ccc(N(c6ccccc6)c6ccc7c(c6)C6(c8ccccc8-c8ccccc86)c6ccccc6-7)cc5)cc4)ccc23)cc1. The highest BCUT2D eigenvalue weighted by molar-refractivity contribution is 6.22.